The number of hydrogen-bond donors (Lipinski definition) is 4. The van der Waals surface area contributed by atoms with Crippen LogP contribution in [0.4, 0.5) is 4.79 Å². The molecule has 7 atom stereocenters. The number of rotatable bonds is 12. The van der Waals surface area contributed by atoms with Gasteiger partial charge in [-0.05, 0) is 88.7 Å². The van der Waals surface area contributed by atoms with Gasteiger partial charge in [-0.1, -0.05) is 50.3 Å². The Bertz CT molecular complexity index is 2330. The van der Waals surface area contributed by atoms with Gasteiger partial charge in [0.05, 0.1) is 42.1 Å². The van der Waals surface area contributed by atoms with Gasteiger partial charge in [0.15, 0.2) is 0 Å². The Morgan fingerprint density at radius 1 is 1.01 bits per heavy atom. The lowest BCUT2D eigenvalue weighted by atomic mass is 9.83. The maximum Gasteiger partial charge on any atom is 0.408 e. The number of alkyl carbamates (subject to hydrolysis) is 1. The predicted octanol–water partition coefficient (Wildman–Crippen LogP) is 2.26. The van der Waals surface area contributed by atoms with Gasteiger partial charge in [0.25, 0.3) is 5.91 Å². The van der Waals surface area contributed by atoms with Gasteiger partial charge in [-0.3, -0.25) is 19.1 Å². The average molecular weight is 979 g/mol. The number of piperidine rings is 1. The van der Waals surface area contributed by atoms with Crippen molar-refractivity contribution in [1.29, 1.82) is 0 Å². The average Bonchev–Trinajstić information content (AvgIpc) is 4.30. The Morgan fingerprint density at radius 3 is 2.39 bits per heavy atom. The van der Waals surface area contributed by atoms with E-state index in [1.807, 2.05) is 24.3 Å². The van der Waals surface area contributed by atoms with Crippen molar-refractivity contribution < 1.29 is 61.3 Å². The van der Waals surface area contributed by atoms with E-state index in [4.69, 9.17) is 33.8 Å². The molecule has 4 N–H and O–H groups in total. The zero-order valence-corrected chi connectivity index (χ0v) is 40.9. The number of fused-ring (bicyclic) bond motifs is 5. The number of likely N-dealkylation sites (tertiary alicyclic amines) is 1. The van der Waals surface area contributed by atoms with Gasteiger partial charge >= 0.3 is 6.09 Å². The zero-order chi connectivity index (χ0) is 48.9. The third kappa shape index (κ3) is 11.5. The van der Waals surface area contributed by atoms with Gasteiger partial charge in [0.1, 0.15) is 48.2 Å². The molecule has 2 bridgehead atoms. The molecule has 19 heteroatoms. The fourth-order valence-corrected chi connectivity index (χ4v) is 12.3. The summed E-state index contributed by atoms with van der Waals surface area (Å²) in [5.41, 5.74) is 0.00945. The number of nitrogens with zero attached hydrogens (tertiary/aromatic N) is 2. The number of para-hydroxylation sites is 1. The SMILES string of the molecule is C=C[C@@H]1C[C@]1(NC(=O)[C@@H]1C[C@@H]2CN1C(=O)[C@H](C1CCCCC1)NC(=O)O[C@@H]1C[C@H]1CCCCCc1c(nc3ccccc3c1OC1CC[NH+](CCOC)CC1)O2)C(=O)NS(=O)(=O)C1(C)CC1.O=C[O-]. The molecule has 69 heavy (non-hydrogen) atoms. The third-order valence-corrected chi connectivity index (χ3v) is 17.9. The highest BCUT2D eigenvalue weighted by Crippen LogP contribution is 2.48. The molecule has 6 fully saturated rings. The molecule has 4 aliphatic carbocycles. The second-order valence-corrected chi connectivity index (χ2v) is 22.8. The quantitative estimate of drug-likeness (QED) is 0.177. The van der Waals surface area contributed by atoms with E-state index in [2.05, 4.69) is 21.9 Å². The second-order valence-electron chi connectivity index (χ2n) is 20.6. The minimum absolute atomic E-state index is 0.000829. The smallest absolute Gasteiger partial charge is 0.408 e. The number of carboxylic acid groups (broad SMARTS) is 1. The van der Waals surface area contributed by atoms with Crippen molar-refractivity contribution in [2.75, 3.05) is 39.9 Å². The van der Waals surface area contributed by atoms with Crippen LogP contribution in [0.1, 0.15) is 115 Å². The predicted molar refractivity (Wildman–Crippen MR) is 251 cm³/mol. The highest BCUT2D eigenvalue weighted by molar-refractivity contribution is 7.91. The van der Waals surface area contributed by atoms with Crippen LogP contribution in [0.5, 0.6) is 11.6 Å². The molecule has 0 unspecified atom stereocenters. The molecule has 4 amide bonds. The molecule has 9 rings (SSSR count). The van der Waals surface area contributed by atoms with Crippen LogP contribution < -0.4 is 34.8 Å². The number of methoxy groups -OCH3 is 1. The monoisotopic (exact) mass is 978 g/mol. The molecule has 4 saturated carbocycles. The van der Waals surface area contributed by atoms with Crippen LogP contribution in [0, 0.1) is 17.8 Å². The number of carbonyl (C=O) groups is 5. The normalized spacial score (nSPS) is 31.2. The number of aromatic nitrogens is 1. The molecule has 0 spiro atoms. The van der Waals surface area contributed by atoms with Crippen LogP contribution in [-0.2, 0) is 45.1 Å². The highest BCUT2D eigenvalue weighted by Gasteiger charge is 2.63. The highest BCUT2D eigenvalue weighted by atomic mass is 32.2. The van der Waals surface area contributed by atoms with Gasteiger partial charge in [-0.15, -0.1) is 6.58 Å². The first-order chi connectivity index (χ1) is 33.2. The van der Waals surface area contributed by atoms with Crippen LogP contribution in [0.15, 0.2) is 36.9 Å². The van der Waals surface area contributed by atoms with Crippen LogP contribution >= 0.6 is 0 Å². The summed E-state index contributed by atoms with van der Waals surface area (Å²) < 4.78 is 53.0. The van der Waals surface area contributed by atoms with E-state index in [-0.39, 0.29) is 43.4 Å². The largest absolute Gasteiger partial charge is 0.554 e. The van der Waals surface area contributed by atoms with E-state index in [1.54, 1.807) is 20.1 Å². The molecule has 2 saturated heterocycles. The first-order valence-corrected chi connectivity index (χ1v) is 26.6. The number of ether oxygens (including phenoxy) is 4. The standard InChI is InChI=1S/C49H68N6O10S.CH2O2/c1-4-33-29-49(33,46(58)53-66(60,61)48(2)21-22-48)52-43(56)39-28-35-30-55(39)45(57)41(31-13-7-5-8-14-31)51-47(59)65-40-27-32(40)15-9-6-10-17-37-42(36-16-11-12-18-38(36)50-44(37)64-35)63-34-19-23-54(24-20-34)25-26-62-3;2-1-3/h4,11-12,16,18,31-35,39-41H,1,5-10,13-15,17,19-30H2,2-3H3,(H,51,59)(H,52,56)(H,53,58);1H,(H,2,3)/t32-,33-,35-,39+,40-,41+,49-;/m1./s1. The van der Waals surface area contributed by atoms with Gasteiger partial charge in [-0.2, -0.15) is 0 Å². The molecule has 1 aromatic heterocycles. The lowest BCUT2D eigenvalue weighted by Gasteiger charge is -2.34. The lowest BCUT2D eigenvalue weighted by Crippen LogP contribution is -3.13. The maximum atomic E-state index is 15.2. The van der Waals surface area contributed by atoms with Crippen LogP contribution in [0.2, 0.25) is 0 Å². The van der Waals surface area contributed by atoms with Crippen molar-refractivity contribution in [3.63, 3.8) is 0 Å². The Hall–Kier alpha value is -5.01. The number of nitrogens with one attached hydrogen (secondary N) is 4. The number of hydrogen-bond acceptors (Lipinski definition) is 13. The molecule has 0 radical (unpaired) electrons. The van der Waals surface area contributed by atoms with Crippen molar-refractivity contribution >= 4 is 51.2 Å². The number of sulfonamides is 1. The summed E-state index contributed by atoms with van der Waals surface area (Å²) >= 11 is 0. The third-order valence-electron chi connectivity index (χ3n) is 15.8. The fraction of sp³-hybridized carbons (Fsp3) is 0.680. The molecule has 7 aliphatic rings. The van der Waals surface area contributed by atoms with Gasteiger partial charge in [-0.25, -0.2) is 18.2 Å². The number of quaternary nitrogens is 1. The van der Waals surface area contributed by atoms with Crippen molar-refractivity contribution in [1.82, 2.24) is 25.2 Å². The number of amides is 4. The Kier molecular flexibility index (Phi) is 15.7. The maximum absolute atomic E-state index is 15.2. The molecule has 18 nitrogen and oxygen atoms in total. The summed E-state index contributed by atoms with van der Waals surface area (Å²) in [4.78, 5) is 73.9. The van der Waals surface area contributed by atoms with Gasteiger partial charge in [0.2, 0.25) is 27.7 Å². The molecule has 3 aliphatic heterocycles. The van der Waals surface area contributed by atoms with E-state index in [1.165, 1.54) is 9.80 Å². The molecule has 378 valence electrons. The molecule has 4 heterocycles. The summed E-state index contributed by atoms with van der Waals surface area (Å²) in [6.07, 6.45) is 12.3. The number of pyridine rings is 1. The summed E-state index contributed by atoms with van der Waals surface area (Å²) in [5.74, 6) is -1.13. The van der Waals surface area contributed by atoms with Crippen LogP contribution in [-0.4, -0.2) is 129 Å². The number of benzene rings is 1. The van der Waals surface area contributed by atoms with Crippen molar-refractivity contribution in [2.45, 2.75) is 157 Å². The number of carbonyl (C=O) groups excluding carboxylic acids is 5. The summed E-state index contributed by atoms with van der Waals surface area (Å²) in [7, 11) is -2.28. The minimum Gasteiger partial charge on any atom is -0.554 e. The molecular formula is C50H70N6O12S. The van der Waals surface area contributed by atoms with Gasteiger partial charge < -0.3 is 49.3 Å². The fourth-order valence-electron chi connectivity index (χ4n) is 11.0. The van der Waals surface area contributed by atoms with Gasteiger partial charge in [0, 0.05) is 44.1 Å². The Morgan fingerprint density at radius 2 is 1.71 bits per heavy atom. The van der Waals surface area contributed by atoms with Crippen molar-refractivity contribution in [3.8, 4) is 11.6 Å². The van der Waals surface area contributed by atoms with E-state index in [0.29, 0.717) is 37.3 Å². The van der Waals surface area contributed by atoms with E-state index in [0.717, 1.165) is 113 Å². The topological polar surface area (TPSA) is 236 Å². The van der Waals surface area contributed by atoms with E-state index >= 15 is 4.79 Å². The summed E-state index contributed by atoms with van der Waals surface area (Å²) in [6, 6.07) is 5.84. The minimum atomic E-state index is -4.01. The Balaban J connectivity index is 0.00000209. The zero-order valence-electron chi connectivity index (χ0n) is 40.0. The van der Waals surface area contributed by atoms with E-state index < -0.39 is 74.7 Å². The first kappa shape index (κ1) is 50.4. The summed E-state index contributed by atoms with van der Waals surface area (Å²) in [6.45, 7) is 8.59. The Labute approximate surface area is 405 Å². The van der Waals surface area contributed by atoms with E-state index in [9.17, 15) is 22.8 Å². The molecule has 2 aromatic rings. The second kappa shape index (κ2) is 21.5. The van der Waals surface area contributed by atoms with Crippen molar-refractivity contribution in [3.05, 3.63) is 42.5 Å². The van der Waals surface area contributed by atoms with Crippen LogP contribution in [0.25, 0.3) is 10.9 Å². The van der Waals surface area contributed by atoms with Crippen LogP contribution in [0.3, 0.4) is 0 Å². The molecule has 1 aromatic carbocycles. The summed E-state index contributed by atoms with van der Waals surface area (Å²) in [5, 5.41) is 15.0. The molecular weight excluding hydrogens is 909 g/mol. The first-order valence-electron chi connectivity index (χ1n) is 25.1. The van der Waals surface area contributed by atoms with Crippen molar-refractivity contribution in [2.24, 2.45) is 17.8 Å². The lowest BCUT2D eigenvalue weighted by molar-refractivity contribution is -0.906.